The number of nitrogens with one attached hydrogen (secondary N) is 1. The van der Waals surface area contributed by atoms with E-state index in [-0.39, 0.29) is 24.4 Å². The van der Waals surface area contributed by atoms with E-state index in [1.54, 1.807) is 0 Å². The van der Waals surface area contributed by atoms with Gasteiger partial charge in [0.15, 0.2) is 0 Å². The van der Waals surface area contributed by atoms with Gasteiger partial charge >= 0.3 is 5.97 Å². The van der Waals surface area contributed by atoms with Crippen LogP contribution < -0.4 is 5.32 Å². The number of hydrogen-bond acceptors (Lipinski definition) is 5. The molecule has 43 heavy (non-hydrogen) atoms. The lowest BCUT2D eigenvalue weighted by Crippen LogP contribution is -2.40. The van der Waals surface area contributed by atoms with Crippen molar-refractivity contribution >= 4 is 11.9 Å². The molecule has 2 heterocycles. The average molecular weight is 601 g/mol. The van der Waals surface area contributed by atoms with Crippen LogP contribution in [-0.4, -0.2) is 52.8 Å². The molecule has 242 valence electrons. The lowest BCUT2D eigenvalue weighted by molar-refractivity contribution is -0.160. The van der Waals surface area contributed by atoms with Gasteiger partial charge in [-0.2, -0.15) is 0 Å². The molecule has 0 unspecified atom stereocenters. The van der Waals surface area contributed by atoms with Crippen LogP contribution in [0.2, 0.25) is 0 Å². The number of alkyl halides is 1. The molecule has 0 spiro atoms. The highest BCUT2D eigenvalue weighted by molar-refractivity contribution is 5.79. The van der Waals surface area contributed by atoms with E-state index in [0.29, 0.717) is 62.4 Å². The molecule has 2 aliphatic heterocycles. The number of cyclic esters (lactones) is 1. The second-order valence-corrected chi connectivity index (χ2v) is 14.7. The molecule has 0 bridgehead atoms. The zero-order chi connectivity index (χ0) is 30.3. The maximum Gasteiger partial charge on any atom is 0.308 e. The van der Waals surface area contributed by atoms with E-state index in [9.17, 15) is 19.1 Å². The quantitative estimate of drug-likeness (QED) is 0.252. The van der Waals surface area contributed by atoms with Crippen molar-refractivity contribution < 1.29 is 23.8 Å². The molecule has 7 heteroatoms. The summed E-state index contributed by atoms with van der Waals surface area (Å²) in [6, 6.07) is 0.294. The van der Waals surface area contributed by atoms with Gasteiger partial charge in [-0.1, -0.05) is 52.4 Å². The van der Waals surface area contributed by atoms with E-state index < -0.39 is 12.3 Å². The summed E-state index contributed by atoms with van der Waals surface area (Å²) in [6.45, 7) is 5.19. The lowest BCUT2D eigenvalue weighted by Gasteiger charge is -2.45. The van der Waals surface area contributed by atoms with E-state index in [1.807, 2.05) is 0 Å². The maximum atomic E-state index is 14.4. The summed E-state index contributed by atoms with van der Waals surface area (Å²) in [4.78, 5) is 28.3. The Morgan fingerprint density at radius 2 is 1.65 bits per heavy atom. The number of carbonyl (C=O) groups is 2. The first-order valence-corrected chi connectivity index (χ1v) is 17.8. The Labute approximate surface area is 259 Å². The number of halogens is 1. The lowest BCUT2D eigenvalue weighted by atomic mass is 9.73. The maximum absolute atomic E-state index is 14.4. The van der Waals surface area contributed by atoms with Gasteiger partial charge in [-0.15, -0.1) is 0 Å². The van der Waals surface area contributed by atoms with Crippen molar-refractivity contribution in [2.45, 2.75) is 167 Å². The second kappa shape index (κ2) is 15.4. The van der Waals surface area contributed by atoms with Crippen molar-refractivity contribution in [1.82, 2.24) is 10.2 Å². The summed E-state index contributed by atoms with van der Waals surface area (Å²) in [7, 11) is 0. The topological polar surface area (TPSA) is 78.9 Å². The van der Waals surface area contributed by atoms with Crippen LogP contribution in [0.3, 0.4) is 0 Å². The fourth-order valence-corrected chi connectivity index (χ4v) is 8.64. The van der Waals surface area contributed by atoms with E-state index >= 15 is 0 Å². The Kier molecular flexibility index (Phi) is 11.6. The van der Waals surface area contributed by atoms with Gasteiger partial charge < -0.3 is 20.1 Å². The first kappa shape index (κ1) is 32.5. The highest BCUT2D eigenvalue weighted by Crippen LogP contribution is 2.47. The van der Waals surface area contributed by atoms with Gasteiger partial charge in [0.25, 0.3) is 0 Å². The zero-order valence-electron chi connectivity index (χ0n) is 26.9. The number of carbonyl (C=O) groups excluding carboxylic acids is 2. The minimum Gasteiger partial charge on any atom is -0.462 e. The molecule has 0 aromatic heterocycles. The molecule has 1 saturated heterocycles. The molecular weight excluding hydrogens is 543 g/mol. The third-order valence-corrected chi connectivity index (χ3v) is 10.8. The highest BCUT2D eigenvalue weighted by Gasteiger charge is 2.38. The molecule has 6 nitrogen and oxygen atoms in total. The summed E-state index contributed by atoms with van der Waals surface area (Å²) in [5.41, 5.74) is 5.45. The van der Waals surface area contributed by atoms with Crippen LogP contribution in [0.5, 0.6) is 0 Å². The third kappa shape index (κ3) is 8.85. The first-order valence-electron chi connectivity index (χ1n) is 17.8. The molecular formula is C36H57FN2O4. The largest absolute Gasteiger partial charge is 0.462 e. The Balaban J connectivity index is 1.49. The van der Waals surface area contributed by atoms with Gasteiger partial charge in [-0.05, 0) is 93.1 Å². The Morgan fingerprint density at radius 3 is 2.30 bits per heavy atom. The molecule has 2 N–H and O–H groups in total. The zero-order valence-corrected chi connectivity index (χ0v) is 26.9. The number of amides is 1. The van der Waals surface area contributed by atoms with Crippen molar-refractivity contribution in [1.29, 1.82) is 0 Å². The second-order valence-electron chi connectivity index (χ2n) is 14.7. The molecule has 5 aliphatic rings. The van der Waals surface area contributed by atoms with Crippen molar-refractivity contribution in [3.63, 3.8) is 0 Å². The molecule has 2 atom stereocenters. The smallest absolute Gasteiger partial charge is 0.308 e. The number of hydrogen-bond donors (Lipinski definition) is 2. The number of aliphatic hydroxyl groups excluding tert-OH is 1. The van der Waals surface area contributed by atoms with Gasteiger partial charge in [-0.3, -0.25) is 9.59 Å². The standard InChI is InChI=1S/C36H57FN2O4/c1-24(2)19-33-27(21-34(41)38-29-11-7-4-8-12-29)20-32(25-9-5-3-6-10-25)36(26-13-15-28(37)16-14-26)39(33)18-17-31-22-30(40)23-35(42)43-31/h24-26,28-31,40H,3-23H2,1-2H3,(H,38,41)/t26?,28?,30-,31-/m1/s1. The van der Waals surface area contributed by atoms with E-state index in [0.717, 1.165) is 38.5 Å². The van der Waals surface area contributed by atoms with Crippen LogP contribution in [0.25, 0.3) is 0 Å². The molecule has 3 aliphatic carbocycles. The summed E-state index contributed by atoms with van der Waals surface area (Å²) in [6.07, 6.45) is 16.7. The average Bonchev–Trinajstić information content (AvgIpc) is 2.98. The van der Waals surface area contributed by atoms with Gasteiger partial charge in [0, 0.05) is 43.2 Å². The number of ether oxygens (including phenoxy) is 1. The van der Waals surface area contributed by atoms with Crippen LogP contribution in [0.15, 0.2) is 22.5 Å². The predicted molar refractivity (Wildman–Crippen MR) is 168 cm³/mol. The van der Waals surface area contributed by atoms with E-state index in [2.05, 4.69) is 24.1 Å². The van der Waals surface area contributed by atoms with Crippen LogP contribution >= 0.6 is 0 Å². The van der Waals surface area contributed by atoms with Crippen LogP contribution in [0.4, 0.5) is 4.39 Å². The summed E-state index contributed by atoms with van der Waals surface area (Å²) in [5.74, 6) is 1.09. The number of nitrogens with zero attached hydrogens (tertiary/aromatic N) is 1. The monoisotopic (exact) mass is 600 g/mol. The first-order chi connectivity index (χ1) is 20.8. The van der Waals surface area contributed by atoms with Gasteiger partial charge in [0.1, 0.15) is 12.3 Å². The number of allylic oxidation sites excluding steroid dienone is 3. The van der Waals surface area contributed by atoms with Crippen LogP contribution in [0, 0.1) is 17.8 Å². The van der Waals surface area contributed by atoms with Crippen LogP contribution in [0.1, 0.15) is 142 Å². The Hall–Kier alpha value is -1.89. The van der Waals surface area contributed by atoms with Crippen molar-refractivity contribution in [3.05, 3.63) is 22.5 Å². The fraction of sp³-hybridized carbons (Fsp3) is 0.833. The van der Waals surface area contributed by atoms with Gasteiger partial charge in [0.05, 0.1) is 12.5 Å². The van der Waals surface area contributed by atoms with E-state index in [1.165, 1.54) is 73.9 Å². The molecule has 5 rings (SSSR count). The minimum atomic E-state index is -0.708. The Morgan fingerprint density at radius 1 is 0.977 bits per heavy atom. The van der Waals surface area contributed by atoms with Crippen molar-refractivity contribution in [2.75, 3.05) is 6.54 Å². The number of aliphatic hydroxyl groups is 1. The molecule has 0 radical (unpaired) electrons. The molecule has 0 aromatic carbocycles. The molecule has 3 saturated carbocycles. The fourth-order valence-electron chi connectivity index (χ4n) is 8.64. The number of rotatable bonds is 10. The van der Waals surface area contributed by atoms with Crippen molar-refractivity contribution in [2.24, 2.45) is 17.8 Å². The highest BCUT2D eigenvalue weighted by atomic mass is 19.1. The van der Waals surface area contributed by atoms with Crippen molar-refractivity contribution in [3.8, 4) is 0 Å². The van der Waals surface area contributed by atoms with E-state index in [4.69, 9.17) is 4.74 Å². The van der Waals surface area contributed by atoms with Gasteiger partial charge in [-0.25, -0.2) is 4.39 Å². The molecule has 1 amide bonds. The predicted octanol–water partition coefficient (Wildman–Crippen LogP) is 7.65. The SMILES string of the molecule is CC(C)CC1=C(CC(=O)NC2CCCCC2)CC(C2CCCCC2)=C(C2CCC(F)CC2)N1CC[C@@H]1C[C@@H](O)CC(=O)O1. The van der Waals surface area contributed by atoms with Gasteiger partial charge in [0.2, 0.25) is 5.91 Å². The number of esters is 1. The van der Waals surface area contributed by atoms with Crippen LogP contribution in [-0.2, 0) is 14.3 Å². The molecule has 0 aromatic rings. The minimum absolute atomic E-state index is 0.0718. The summed E-state index contributed by atoms with van der Waals surface area (Å²) >= 11 is 0. The molecule has 4 fully saturated rings. The third-order valence-electron chi connectivity index (χ3n) is 10.8. The summed E-state index contributed by atoms with van der Waals surface area (Å²) in [5, 5.41) is 13.7. The Bertz CT molecular complexity index is 1020. The summed E-state index contributed by atoms with van der Waals surface area (Å²) < 4.78 is 20.1. The normalized spacial score (nSPS) is 30.2.